The summed E-state index contributed by atoms with van der Waals surface area (Å²) in [7, 11) is 0. The topological polar surface area (TPSA) is 69.5 Å². The van der Waals surface area contributed by atoms with Gasteiger partial charge < -0.3 is 4.98 Å². The SMILES string of the molecule is N#Cc1c(C(=O)c2cc(F)ccc2Cl)c(Br)cc2[nH]cnc12. The molecule has 3 rings (SSSR count). The molecule has 0 aliphatic rings. The first-order chi connectivity index (χ1) is 10.5. The zero-order valence-corrected chi connectivity index (χ0v) is 13.2. The van der Waals surface area contributed by atoms with Crippen LogP contribution >= 0.6 is 27.5 Å². The Bertz CT molecular complexity index is 961. The molecule has 0 atom stereocenters. The van der Waals surface area contributed by atoms with Crippen LogP contribution in [0.5, 0.6) is 0 Å². The lowest BCUT2D eigenvalue weighted by Crippen LogP contribution is -2.07. The standard InChI is InChI=1S/C15H6BrClFN3O/c16-10-4-12-14(21-6-20-12)9(5-19)13(10)15(22)8-3-7(18)1-2-11(8)17/h1-4,6H,(H,20,21). The van der Waals surface area contributed by atoms with E-state index in [2.05, 4.69) is 25.9 Å². The second kappa shape index (κ2) is 5.52. The third-order valence-electron chi connectivity index (χ3n) is 3.18. The highest BCUT2D eigenvalue weighted by Gasteiger charge is 2.23. The zero-order valence-electron chi connectivity index (χ0n) is 10.8. The van der Waals surface area contributed by atoms with Gasteiger partial charge in [0.15, 0.2) is 5.78 Å². The Morgan fingerprint density at radius 1 is 1.41 bits per heavy atom. The molecule has 22 heavy (non-hydrogen) atoms. The molecule has 0 spiro atoms. The molecule has 0 saturated heterocycles. The van der Waals surface area contributed by atoms with Gasteiger partial charge in [0.2, 0.25) is 0 Å². The lowest BCUT2D eigenvalue weighted by Gasteiger charge is -2.08. The molecule has 0 saturated carbocycles. The second-order valence-corrected chi connectivity index (χ2v) is 5.73. The summed E-state index contributed by atoms with van der Waals surface area (Å²) in [6, 6.07) is 7.14. The van der Waals surface area contributed by atoms with E-state index in [4.69, 9.17) is 11.6 Å². The van der Waals surface area contributed by atoms with Crippen LogP contribution in [0.15, 0.2) is 35.1 Å². The molecule has 0 fully saturated rings. The van der Waals surface area contributed by atoms with E-state index in [0.717, 1.165) is 12.1 Å². The summed E-state index contributed by atoms with van der Waals surface area (Å²) in [5.74, 6) is -1.12. The molecule has 3 aromatic rings. The largest absolute Gasteiger partial charge is 0.345 e. The number of imidazole rings is 1. The van der Waals surface area contributed by atoms with Crippen LogP contribution in [0.2, 0.25) is 5.02 Å². The number of fused-ring (bicyclic) bond motifs is 1. The number of benzene rings is 2. The fraction of sp³-hybridized carbons (Fsp3) is 0. The normalized spacial score (nSPS) is 10.6. The average molecular weight is 379 g/mol. The number of H-pyrrole nitrogens is 1. The lowest BCUT2D eigenvalue weighted by atomic mass is 9.97. The number of aromatic amines is 1. The third kappa shape index (κ3) is 2.28. The predicted molar refractivity (Wildman–Crippen MR) is 83.4 cm³/mol. The summed E-state index contributed by atoms with van der Waals surface area (Å²) in [6.45, 7) is 0. The van der Waals surface area contributed by atoms with E-state index >= 15 is 0 Å². The number of rotatable bonds is 2. The molecule has 1 N–H and O–H groups in total. The van der Waals surface area contributed by atoms with Gasteiger partial charge in [-0.1, -0.05) is 11.6 Å². The number of carbonyl (C=O) groups excluding carboxylic acids is 1. The number of aromatic nitrogens is 2. The van der Waals surface area contributed by atoms with Crippen LogP contribution in [-0.4, -0.2) is 15.8 Å². The van der Waals surface area contributed by atoms with Gasteiger partial charge in [0.05, 0.1) is 28.0 Å². The number of hydrogen-bond donors (Lipinski definition) is 1. The first-order valence-corrected chi connectivity index (χ1v) is 7.25. The van der Waals surface area contributed by atoms with Gasteiger partial charge in [-0.2, -0.15) is 5.26 Å². The molecule has 7 heteroatoms. The van der Waals surface area contributed by atoms with Crippen LogP contribution in [-0.2, 0) is 0 Å². The lowest BCUT2D eigenvalue weighted by molar-refractivity contribution is 0.103. The Balaban J connectivity index is 2.30. The van der Waals surface area contributed by atoms with Crippen molar-refractivity contribution in [3.8, 4) is 6.07 Å². The monoisotopic (exact) mass is 377 g/mol. The molecule has 0 amide bonds. The van der Waals surface area contributed by atoms with Crippen molar-refractivity contribution in [2.45, 2.75) is 0 Å². The maximum atomic E-state index is 13.4. The molecule has 1 aromatic heterocycles. The minimum Gasteiger partial charge on any atom is -0.345 e. The van der Waals surface area contributed by atoms with Crippen molar-refractivity contribution in [3.63, 3.8) is 0 Å². The molecule has 0 radical (unpaired) electrons. The van der Waals surface area contributed by atoms with Crippen molar-refractivity contribution in [3.05, 3.63) is 62.6 Å². The van der Waals surface area contributed by atoms with Gasteiger partial charge in [-0.05, 0) is 40.2 Å². The van der Waals surface area contributed by atoms with E-state index in [1.807, 2.05) is 6.07 Å². The summed E-state index contributed by atoms with van der Waals surface area (Å²) >= 11 is 9.26. The van der Waals surface area contributed by atoms with Crippen molar-refractivity contribution in [2.24, 2.45) is 0 Å². The summed E-state index contributed by atoms with van der Waals surface area (Å²) < 4.78 is 13.8. The van der Waals surface area contributed by atoms with Crippen LogP contribution in [0, 0.1) is 17.1 Å². The predicted octanol–water partition coefficient (Wildman–Crippen LogP) is 4.22. The fourth-order valence-electron chi connectivity index (χ4n) is 2.19. The third-order valence-corrected chi connectivity index (χ3v) is 4.13. The Kier molecular flexibility index (Phi) is 3.69. The number of ketones is 1. The second-order valence-electron chi connectivity index (χ2n) is 4.47. The maximum absolute atomic E-state index is 13.4. The molecule has 0 unspecified atom stereocenters. The minimum absolute atomic E-state index is 0.00578. The zero-order chi connectivity index (χ0) is 15.9. The van der Waals surface area contributed by atoms with Gasteiger partial charge >= 0.3 is 0 Å². The summed E-state index contributed by atoms with van der Waals surface area (Å²) in [4.78, 5) is 19.6. The molecule has 108 valence electrons. The van der Waals surface area contributed by atoms with Crippen LogP contribution < -0.4 is 0 Å². The van der Waals surface area contributed by atoms with Crippen molar-refractivity contribution in [1.29, 1.82) is 5.26 Å². The molecular formula is C15H6BrClFN3O. The highest BCUT2D eigenvalue weighted by Crippen LogP contribution is 2.31. The van der Waals surface area contributed by atoms with Crippen LogP contribution in [0.4, 0.5) is 4.39 Å². The molecule has 0 aliphatic carbocycles. The molecule has 0 aliphatic heterocycles. The highest BCUT2D eigenvalue weighted by atomic mass is 79.9. The van der Waals surface area contributed by atoms with Crippen molar-refractivity contribution in [2.75, 3.05) is 0 Å². The van der Waals surface area contributed by atoms with E-state index in [-0.39, 0.29) is 21.7 Å². The molecular weight excluding hydrogens is 373 g/mol. The fourth-order valence-corrected chi connectivity index (χ4v) is 3.00. The molecule has 4 nitrogen and oxygen atoms in total. The van der Waals surface area contributed by atoms with Crippen molar-refractivity contribution >= 4 is 44.3 Å². The average Bonchev–Trinajstić information content (AvgIpc) is 2.95. The van der Waals surface area contributed by atoms with Crippen LogP contribution in [0.3, 0.4) is 0 Å². The Hall–Kier alpha value is -2.23. The van der Waals surface area contributed by atoms with Gasteiger partial charge in [0.1, 0.15) is 17.4 Å². The number of halogens is 3. The number of nitrogens with one attached hydrogen (secondary N) is 1. The minimum atomic E-state index is -0.580. The molecule has 1 heterocycles. The number of nitriles is 1. The summed E-state index contributed by atoms with van der Waals surface area (Å²) in [6.07, 6.45) is 1.43. The van der Waals surface area contributed by atoms with E-state index in [9.17, 15) is 14.4 Å². The van der Waals surface area contributed by atoms with E-state index in [1.165, 1.54) is 12.4 Å². The van der Waals surface area contributed by atoms with E-state index < -0.39 is 11.6 Å². The van der Waals surface area contributed by atoms with E-state index in [0.29, 0.717) is 15.5 Å². The molecule has 0 bridgehead atoms. The number of hydrogen-bond acceptors (Lipinski definition) is 3. The highest BCUT2D eigenvalue weighted by molar-refractivity contribution is 9.10. The van der Waals surface area contributed by atoms with Crippen molar-refractivity contribution < 1.29 is 9.18 Å². The number of carbonyl (C=O) groups is 1. The first-order valence-electron chi connectivity index (χ1n) is 6.08. The molecule has 2 aromatic carbocycles. The quantitative estimate of drug-likeness (QED) is 0.679. The summed E-state index contributed by atoms with van der Waals surface area (Å²) in [5.41, 5.74) is 1.20. The van der Waals surface area contributed by atoms with Gasteiger partial charge in [0, 0.05) is 10.0 Å². The van der Waals surface area contributed by atoms with Gasteiger partial charge in [0.25, 0.3) is 0 Å². The summed E-state index contributed by atoms with van der Waals surface area (Å²) in [5, 5.41) is 9.51. The van der Waals surface area contributed by atoms with Crippen LogP contribution in [0.1, 0.15) is 21.5 Å². The van der Waals surface area contributed by atoms with Crippen molar-refractivity contribution in [1.82, 2.24) is 9.97 Å². The van der Waals surface area contributed by atoms with Crippen LogP contribution in [0.25, 0.3) is 11.0 Å². The van der Waals surface area contributed by atoms with Gasteiger partial charge in [-0.15, -0.1) is 0 Å². The first kappa shape index (κ1) is 14.7. The Labute approximate surface area is 137 Å². The smallest absolute Gasteiger partial charge is 0.197 e. The Morgan fingerprint density at radius 2 is 2.18 bits per heavy atom. The van der Waals surface area contributed by atoms with Gasteiger partial charge in [-0.25, -0.2) is 9.37 Å². The van der Waals surface area contributed by atoms with E-state index in [1.54, 1.807) is 6.07 Å². The number of nitrogens with zero attached hydrogens (tertiary/aromatic N) is 2. The van der Waals surface area contributed by atoms with Gasteiger partial charge in [-0.3, -0.25) is 4.79 Å². The Morgan fingerprint density at radius 3 is 2.91 bits per heavy atom. The maximum Gasteiger partial charge on any atom is 0.197 e.